The van der Waals surface area contributed by atoms with Crippen LogP contribution in [0, 0.1) is 0 Å². The standard InChI is InChI=1S/C26H25ClN4O3/c1-2-12-31(16-23-29-22-14-19(27)10-11-21(22)26(34)30-23)25(33)15-28-24(32)13-18-8-5-7-17-6-3-4-9-20(17)18/h3-11,14H,2,12-13,15-16H2,1H3,(H,28,32)(H,29,30,34). The number of nitrogens with zero attached hydrogens (tertiary/aromatic N) is 2. The maximum atomic E-state index is 12.9. The van der Waals surface area contributed by atoms with Gasteiger partial charge in [0.2, 0.25) is 11.8 Å². The third-order valence-corrected chi connectivity index (χ3v) is 5.81. The second kappa shape index (κ2) is 10.5. The van der Waals surface area contributed by atoms with E-state index in [0.29, 0.717) is 28.3 Å². The van der Waals surface area contributed by atoms with Gasteiger partial charge in [-0.05, 0) is 41.0 Å². The van der Waals surface area contributed by atoms with E-state index in [1.54, 1.807) is 23.1 Å². The summed E-state index contributed by atoms with van der Waals surface area (Å²) in [5.41, 5.74) is 1.09. The van der Waals surface area contributed by atoms with E-state index in [1.807, 2.05) is 49.4 Å². The summed E-state index contributed by atoms with van der Waals surface area (Å²) in [6.07, 6.45) is 0.905. The van der Waals surface area contributed by atoms with Crippen LogP contribution in [0.15, 0.2) is 65.5 Å². The quantitative estimate of drug-likeness (QED) is 0.404. The Kier molecular flexibility index (Phi) is 7.23. The van der Waals surface area contributed by atoms with Crippen LogP contribution in [-0.4, -0.2) is 39.8 Å². The molecule has 0 spiro atoms. The first-order valence-electron chi connectivity index (χ1n) is 11.1. The van der Waals surface area contributed by atoms with E-state index in [-0.39, 0.29) is 36.9 Å². The molecule has 2 N–H and O–H groups in total. The fraction of sp³-hybridized carbons (Fsp3) is 0.231. The molecule has 174 valence electrons. The number of amides is 2. The van der Waals surface area contributed by atoms with Crippen LogP contribution in [0.5, 0.6) is 0 Å². The first-order chi connectivity index (χ1) is 16.4. The van der Waals surface area contributed by atoms with Gasteiger partial charge in [-0.15, -0.1) is 0 Å². The summed E-state index contributed by atoms with van der Waals surface area (Å²) in [6.45, 7) is 2.42. The SMILES string of the molecule is CCCN(Cc1nc2cc(Cl)ccc2c(=O)[nH]1)C(=O)CNC(=O)Cc1cccc2ccccc12. The molecule has 4 aromatic rings. The van der Waals surface area contributed by atoms with E-state index in [4.69, 9.17) is 11.6 Å². The van der Waals surface area contributed by atoms with Gasteiger partial charge in [0, 0.05) is 11.6 Å². The summed E-state index contributed by atoms with van der Waals surface area (Å²) in [4.78, 5) is 46.6. The normalized spacial score (nSPS) is 11.0. The third-order valence-electron chi connectivity index (χ3n) is 5.57. The van der Waals surface area contributed by atoms with Crippen LogP contribution in [0.25, 0.3) is 21.7 Å². The van der Waals surface area contributed by atoms with Crippen molar-refractivity contribution in [3.63, 3.8) is 0 Å². The zero-order valence-electron chi connectivity index (χ0n) is 18.8. The lowest BCUT2D eigenvalue weighted by molar-refractivity contribution is -0.133. The Labute approximate surface area is 201 Å². The molecule has 0 radical (unpaired) electrons. The number of carbonyl (C=O) groups excluding carboxylic acids is 2. The summed E-state index contributed by atoms with van der Waals surface area (Å²) in [5.74, 6) is -0.112. The van der Waals surface area contributed by atoms with Crippen molar-refractivity contribution in [1.82, 2.24) is 20.2 Å². The molecule has 3 aromatic carbocycles. The number of halogens is 1. The van der Waals surface area contributed by atoms with E-state index in [9.17, 15) is 14.4 Å². The number of carbonyl (C=O) groups is 2. The lowest BCUT2D eigenvalue weighted by Gasteiger charge is -2.22. The first kappa shape index (κ1) is 23.4. The van der Waals surface area contributed by atoms with Crippen LogP contribution in [-0.2, 0) is 22.6 Å². The average Bonchev–Trinajstić information content (AvgIpc) is 2.82. The van der Waals surface area contributed by atoms with Crippen LogP contribution in [0.1, 0.15) is 24.7 Å². The molecular formula is C26H25ClN4O3. The lowest BCUT2D eigenvalue weighted by atomic mass is 10.0. The highest BCUT2D eigenvalue weighted by atomic mass is 35.5. The Bertz CT molecular complexity index is 1410. The van der Waals surface area contributed by atoms with Gasteiger partial charge < -0.3 is 15.2 Å². The highest BCUT2D eigenvalue weighted by molar-refractivity contribution is 6.31. The van der Waals surface area contributed by atoms with Crippen molar-refractivity contribution >= 4 is 45.1 Å². The van der Waals surface area contributed by atoms with E-state index in [0.717, 1.165) is 22.8 Å². The van der Waals surface area contributed by atoms with Crippen molar-refractivity contribution in [2.75, 3.05) is 13.1 Å². The second-order valence-corrected chi connectivity index (χ2v) is 8.52. The largest absolute Gasteiger partial charge is 0.347 e. The smallest absolute Gasteiger partial charge is 0.258 e. The number of hydrogen-bond donors (Lipinski definition) is 2. The van der Waals surface area contributed by atoms with Crippen molar-refractivity contribution in [2.24, 2.45) is 0 Å². The number of aromatic nitrogens is 2. The Balaban J connectivity index is 1.42. The molecule has 34 heavy (non-hydrogen) atoms. The molecule has 0 atom stereocenters. The van der Waals surface area contributed by atoms with Crippen LogP contribution in [0.4, 0.5) is 0 Å². The molecule has 0 aliphatic rings. The Hall–Kier alpha value is -3.71. The van der Waals surface area contributed by atoms with Gasteiger partial charge in [0.1, 0.15) is 5.82 Å². The van der Waals surface area contributed by atoms with E-state index in [2.05, 4.69) is 15.3 Å². The van der Waals surface area contributed by atoms with Crippen molar-refractivity contribution in [1.29, 1.82) is 0 Å². The molecule has 1 heterocycles. The summed E-state index contributed by atoms with van der Waals surface area (Å²) in [5, 5.41) is 5.72. The van der Waals surface area contributed by atoms with Gasteiger partial charge in [-0.3, -0.25) is 14.4 Å². The van der Waals surface area contributed by atoms with Crippen LogP contribution < -0.4 is 10.9 Å². The van der Waals surface area contributed by atoms with Gasteiger partial charge in [-0.25, -0.2) is 4.98 Å². The van der Waals surface area contributed by atoms with Crippen LogP contribution >= 0.6 is 11.6 Å². The van der Waals surface area contributed by atoms with Gasteiger partial charge in [-0.2, -0.15) is 0 Å². The molecule has 0 bridgehead atoms. The lowest BCUT2D eigenvalue weighted by Crippen LogP contribution is -2.41. The zero-order valence-corrected chi connectivity index (χ0v) is 19.6. The van der Waals surface area contributed by atoms with Crippen LogP contribution in [0.2, 0.25) is 5.02 Å². The van der Waals surface area contributed by atoms with E-state index < -0.39 is 0 Å². The minimum atomic E-state index is -0.288. The van der Waals surface area contributed by atoms with Crippen molar-refractivity contribution in [3.05, 3.63) is 87.4 Å². The molecule has 1 aromatic heterocycles. The van der Waals surface area contributed by atoms with Gasteiger partial charge in [0.15, 0.2) is 0 Å². The van der Waals surface area contributed by atoms with Crippen molar-refractivity contribution < 1.29 is 9.59 Å². The first-order valence-corrected chi connectivity index (χ1v) is 11.5. The van der Waals surface area contributed by atoms with E-state index in [1.165, 1.54) is 0 Å². The second-order valence-electron chi connectivity index (χ2n) is 8.08. The Morgan fingerprint density at radius 3 is 2.68 bits per heavy atom. The fourth-order valence-corrected chi connectivity index (χ4v) is 4.11. The number of fused-ring (bicyclic) bond motifs is 2. The molecule has 0 saturated heterocycles. The molecule has 2 amide bonds. The zero-order chi connectivity index (χ0) is 24.1. The monoisotopic (exact) mass is 476 g/mol. The summed E-state index contributed by atoms with van der Waals surface area (Å²) < 4.78 is 0. The topological polar surface area (TPSA) is 95.2 Å². The summed E-state index contributed by atoms with van der Waals surface area (Å²) in [6, 6.07) is 18.6. The predicted molar refractivity (Wildman–Crippen MR) is 134 cm³/mol. The van der Waals surface area contributed by atoms with Gasteiger partial charge in [0.25, 0.3) is 5.56 Å². The highest BCUT2D eigenvalue weighted by Gasteiger charge is 2.17. The number of benzene rings is 3. The molecule has 0 fully saturated rings. The number of rotatable bonds is 8. The van der Waals surface area contributed by atoms with Crippen molar-refractivity contribution in [2.45, 2.75) is 26.3 Å². The average molecular weight is 477 g/mol. The third kappa shape index (κ3) is 5.43. The minimum Gasteiger partial charge on any atom is -0.347 e. The number of nitrogens with one attached hydrogen (secondary N) is 2. The fourth-order valence-electron chi connectivity index (χ4n) is 3.95. The number of aromatic amines is 1. The van der Waals surface area contributed by atoms with Crippen LogP contribution in [0.3, 0.4) is 0 Å². The number of hydrogen-bond acceptors (Lipinski definition) is 4. The number of H-pyrrole nitrogens is 1. The van der Waals surface area contributed by atoms with Gasteiger partial charge in [-0.1, -0.05) is 61.0 Å². The molecule has 7 nitrogen and oxygen atoms in total. The molecule has 0 unspecified atom stereocenters. The Morgan fingerprint density at radius 1 is 1.06 bits per heavy atom. The molecular weight excluding hydrogens is 452 g/mol. The molecule has 4 rings (SSSR count). The summed E-state index contributed by atoms with van der Waals surface area (Å²) in [7, 11) is 0. The Morgan fingerprint density at radius 2 is 1.85 bits per heavy atom. The molecule has 0 aliphatic carbocycles. The predicted octanol–water partition coefficient (Wildman–Crippen LogP) is 3.83. The molecule has 0 aliphatic heterocycles. The van der Waals surface area contributed by atoms with E-state index >= 15 is 0 Å². The van der Waals surface area contributed by atoms with Crippen molar-refractivity contribution in [3.8, 4) is 0 Å². The molecule has 8 heteroatoms. The van der Waals surface area contributed by atoms with Gasteiger partial charge >= 0.3 is 0 Å². The minimum absolute atomic E-state index is 0.129. The highest BCUT2D eigenvalue weighted by Crippen LogP contribution is 2.19. The maximum Gasteiger partial charge on any atom is 0.258 e. The maximum absolute atomic E-state index is 12.9. The molecule has 0 saturated carbocycles. The summed E-state index contributed by atoms with van der Waals surface area (Å²) >= 11 is 6.03. The van der Waals surface area contributed by atoms with Gasteiger partial charge in [0.05, 0.1) is 30.4 Å².